The molecule has 0 saturated carbocycles. The molecule has 1 aliphatic heterocycles. The fourth-order valence-electron chi connectivity index (χ4n) is 2.04. The van der Waals surface area contributed by atoms with Crippen molar-refractivity contribution >= 4 is 15.9 Å². The lowest BCUT2D eigenvalue weighted by atomic mass is 10.3. The number of hydrogen-bond donors (Lipinski definition) is 0. The topological polar surface area (TPSA) is 30.9 Å². The highest BCUT2D eigenvalue weighted by atomic mass is 79.9. The van der Waals surface area contributed by atoms with Gasteiger partial charge in [-0.3, -0.25) is 4.90 Å². The lowest BCUT2D eigenvalue weighted by Crippen LogP contribution is -2.44. The van der Waals surface area contributed by atoms with Crippen LogP contribution in [0.15, 0.2) is 24.3 Å². The second-order valence-electron chi connectivity index (χ2n) is 4.47. The van der Waals surface area contributed by atoms with E-state index < -0.39 is 0 Å². The van der Waals surface area contributed by atoms with Crippen LogP contribution >= 0.6 is 15.9 Å². The standard InChI is InChI=1S/C14H20BrNO3/c1-17-12-2-4-13(5-3-12)18-8-6-16-7-9-19-14(10-15)11-16/h2-5,14H,6-11H2,1H3. The maximum atomic E-state index is 5.73. The summed E-state index contributed by atoms with van der Waals surface area (Å²) < 4.78 is 16.4. The smallest absolute Gasteiger partial charge is 0.119 e. The first-order valence-corrected chi connectivity index (χ1v) is 7.60. The van der Waals surface area contributed by atoms with Gasteiger partial charge in [-0.05, 0) is 24.3 Å². The molecule has 1 atom stereocenters. The van der Waals surface area contributed by atoms with Gasteiger partial charge in [-0.1, -0.05) is 15.9 Å². The molecule has 0 spiro atoms. The van der Waals surface area contributed by atoms with Crippen LogP contribution in [0.25, 0.3) is 0 Å². The predicted octanol–water partition coefficient (Wildman–Crippen LogP) is 2.17. The summed E-state index contributed by atoms with van der Waals surface area (Å²) in [4.78, 5) is 2.37. The minimum atomic E-state index is 0.301. The van der Waals surface area contributed by atoms with Crippen LogP contribution < -0.4 is 9.47 Å². The Kier molecular flexibility index (Phi) is 5.94. The van der Waals surface area contributed by atoms with Gasteiger partial charge in [-0.15, -0.1) is 0 Å². The molecule has 1 unspecified atom stereocenters. The van der Waals surface area contributed by atoms with Crippen molar-refractivity contribution in [1.82, 2.24) is 4.90 Å². The van der Waals surface area contributed by atoms with Crippen molar-refractivity contribution in [3.8, 4) is 11.5 Å². The maximum Gasteiger partial charge on any atom is 0.119 e. The summed E-state index contributed by atoms with van der Waals surface area (Å²) in [5.74, 6) is 1.73. The summed E-state index contributed by atoms with van der Waals surface area (Å²) in [6.45, 7) is 4.38. The highest BCUT2D eigenvalue weighted by molar-refractivity contribution is 9.09. The number of rotatable bonds is 6. The zero-order valence-corrected chi connectivity index (χ0v) is 12.8. The zero-order valence-electron chi connectivity index (χ0n) is 11.2. The first-order valence-electron chi connectivity index (χ1n) is 6.48. The van der Waals surface area contributed by atoms with Gasteiger partial charge in [0.2, 0.25) is 0 Å². The lowest BCUT2D eigenvalue weighted by Gasteiger charge is -2.31. The van der Waals surface area contributed by atoms with Gasteiger partial charge in [-0.2, -0.15) is 0 Å². The van der Waals surface area contributed by atoms with E-state index in [0.717, 1.165) is 43.1 Å². The van der Waals surface area contributed by atoms with Gasteiger partial charge in [0.1, 0.15) is 18.1 Å². The number of nitrogens with zero attached hydrogens (tertiary/aromatic N) is 1. The van der Waals surface area contributed by atoms with E-state index in [4.69, 9.17) is 14.2 Å². The van der Waals surface area contributed by atoms with Crippen molar-refractivity contribution in [3.63, 3.8) is 0 Å². The van der Waals surface area contributed by atoms with Crippen LogP contribution in [0.3, 0.4) is 0 Å². The van der Waals surface area contributed by atoms with Gasteiger partial charge in [0.25, 0.3) is 0 Å². The molecule has 1 saturated heterocycles. The van der Waals surface area contributed by atoms with Crippen molar-refractivity contribution in [2.75, 3.05) is 45.3 Å². The Hall–Kier alpha value is -0.780. The van der Waals surface area contributed by atoms with Crippen molar-refractivity contribution < 1.29 is 14.2 Å². The SMILES string of the molecule is COc1ccc(OCCN2CCOC(CBr)C2)cc1. The van der Waals surface area contributed by atoms with Gasteiger partial charge in [0, 0.05) is 25.0 Å². The number of alkyl halides is 1. The summed E-state index contributed by atoms with van der Waals surface area (Å²) in [5, 5.41) is 0.892. The number of hydrogen-bond acceptors (Lipinski definition) is 4. The fourth-order valence-corrected chi connectivity index (χ4v) is 2.43. The van der Waals surface area contributed by atoms with Crippen LogP contribution in [-0.2, 0) is 4.74 Å². The summed E-state index contributed by atoms with van der Waals surface area (Å²) in [6, 6.07) is 7.68. The minimum Gasteiger partial charge on any atom is -0.497 e. The molecular weight excluding hydrogens is 310 g/mol. The molecule has 0 bridgehead atoms. The Morgan fingerprint density at radius 3 is 2.74 bits per heavy atom. The van der Waals surface area contributed by atoms with Crippen molar-refractivity contribution in [3.05, 3.63) is 24.3 Å². The largest absolute Gasteiger partial charge is 0.497 e. The van der Waals surface area contributed by atoms with Crippen LogP contribution in [0.4, 0.5) is 0 Å². The maximum absolute atomic E-state index is 5.73. The molecule has 0 aliphatic carbocycles. The molecule has 5 heteroatoms. The Morgan fingerprint density at radius 1 is 1.32 bits per heavy atom. The molecule has 2 rings (SSSR count). The third-order valence-electron chi connectivity index (χ3n) is 3.13. The molecule has 0 N–H and O–H groups in total. The van der Waals surface area contributed by atoms with Crippen LogP contribution in [0.2, 0.25) is 0 Å². The van der Waals surface area contributed by atoms with Crippen molar-refractivity contribution in [2.24, 2.45) is 0 Å². The first-order chi connectivity index (χ1) is 9.31. The third-order valence-corrected chi connectivity index (χ3v) is 3.85. The van der Waals surface area contributed by atoms with E-state index in [-0.39, 0.29) is 0 Å². The van der Waals surface area contributed by atoms with Crippen LogP contribution in [0.1, 0.15) is 0 Å². The summed E-state index contributed by atoms with van der Waals surface area (Å²) >= 11 is 3.46. The molecule has 0 radical (unpaired) electrons. The van der Waals surface area contributed by atoms with E-state index in [1.165, 1.54) is 0 Å². The van der Waals surface area contributed by atoms with Crippen molar-refractivity contribution in [1.29, 1.82) is 0 Å². The highest BCUT2D eigenvalue weighted by Crippen LogP contribution is 2.17. The van der Waals surface area contributed by atoms with Crippen molar-refractivity contribution in [2.45, 2.75) is 6.10 Å². The average molecular weight is 330 g/mol. The van der Waals surface area contributed by atoms with E-state index in [1.54, 1.807) is 7.11 Å². The second kappa shape index (κ2) is 7.72. The molecule has 0 amide bonds. The number of methoxy groups -OCH3 is 1. The molecule has 1 aromatic carbocycles. The Bertz CT molecular complexity index is 371. The van der Waals surface area contributed by atoms with Gasteiger partial charge >= 0.3 is 0 Å². The predicted molar refractivity (Wildman–Crippen MR) is 78.5 cm³/mol. The first kappa shape index (κ1) is 14.6. The van der Waals surface area contributed by atoms with Gasteiger partial charge < -0.3 is 14.2 Å². The van der Waals surface area contributed by atoms with E-state index in [9.17, 15) is 0 Å². The van der Waals surface area contributed by atoms with Crippen LogP contribution in [0.5, 0.6) is 11.5 Å². The number of ether oxygens (including phenoxy) is 3. The molecule has 19 heavy (non-hydrogen) atoms. The van der Waals surface area contributed by atoms with E-state index in [1.807, 2.05) is 24.3 Å². The fraction of sp³-hybridized carbons (Fsp3) is 0.571. The highest BCUT2D eigenvalue weighted by Gasteiger charge is 2.18. The molecule has 1 fully saturated rings. The summed E-state index contributed by atoms with van der Waals surface area (Å²) in [6.07, 6.45) is 0.301. The molecule has 1 aliphatic rings. The van der Waals surface area contributed by atoms with E-state index >= 15 is 0 Å². The minimum absolute atomic E-state index is 0.301. The Morgan fingerprint density at radius 2 is 2.05 bits per heavy atom. The van der Waals surface area contributed by atoms with Gasteiger partial charge in [0.15, 0.2) is 0 Å². The zero-order chi connectivity index (χ0) is 13.5. The summed E-state index contributed by atoms with van der Waals surface area (Å²) in [5.41, 5.74) is 0. The Balaban J connectivity index is 1.70. The van der Waals surface area contributed by atoms with Crippen LogP contribution in [0, 0.1) is 0 Å². The van der Waals surface area contributed by atoms with Gasteiger partial charge in [-0.25, -0.2) is 0 Å². The molecule has 0 aromatic heterocycles. The molecule has 4 nitrogen and oxygen atoms in total. The van der Waals surface area contributed by atoms with E-state index in [2.05, 4.69) is 20.8 Å². The van der Waals surface area contributed by atoms with Gasteiger partial charge in [0.05, 0.1) is 19.8 Å². The Labute approximate surface area is 122 Å². The third kappa shape index (κ3) is 4.67. The number of halogens is 1. The second-order valence-corrected chi connectivity index (χ2v) is 5.12. The molecule has 1 heterocycles. The normalized spacial score (nSPS) is 20.2. The van der Waals surface area contributed by atoms with Crippen LogP contribution in [-0.4, -0.2) is 56.3 Å². The number of morpholine rings is 1. The molecule has 106 valence electrons. The molecular formula is C14H20BrNO3. The average Bonchev–Trinajstić information content (AvgIpc) is 2.48. The summed E-state index contributed by atoms with van der Waals surface area (Å²) in [7, 11) is 1.66. The van der Waals surface area contributed by atoms with E-state index in [0.29, 0.717) is 12.7 Å². The molecule has 1 aromatic rings. The number of benzene rings is 1. The quantitative estimate of drug-likeness (QED) is 0.748. The lowest BCUT2D eigenvalue weighted by molar-refractivity contribution is -0.0184. The monoisotopic (exact) mass is 329 g/mol.